The first-order valence-corrected chi connectivity index (χ1v) is 10.1. The van der Waals surface area contributed by atoms with Crippen LogP contribution in [0.15, 0.2) is 66.7 Å². The first kappa shape index (κ1) is 16.6. The maximum atomic E-state index is 12.6. The van der Waals surface area contributed by atoms with Crippen molar-refractivity contribution >= 4 is 38.1 Å². The Hall–Kier alpha value is -2.86. The molecule has 1 N–H and O–H groups in total. The van der Waals surface area contributed by atoms with E-state index in [0.29, 0.717) is 24.2 Å². The summed E-state index contributed by atoms with van der Waals surface area (Å²) in [7, 11) is -3.21. The molecule has 1 aliphatic rings. The molecule has 1 aliphatic heterocycles. The van der Waals surface area contributed by atoms with E-state index in [9.17, 15) is 13.2 Å². The Kier molecular flexibility index (Phi) is 4.12. The third kappa shape index (κ3) is 3.04. The fourth-order valence-corrected chi connectivity index (χ4v) is 4.80. The van der Waals surface area contributed by atoms with Gasteiger partial charge in [0, 0.05) is 23.2 Å². The quantitative estimate of drug-likeness (QED) is 0.770. The molecule has 1 heterocycles. The van der Waals surface area contributed by atoms with Gasteiger partial charge in [-0.05, 0) is 42.1 Å². The molecule has 1 fully saturated rings. The molecule has 1 amide bonds. The molecule has 132 valence electrons. The average molecular weight is 366 g/mol. The lowest BCUT2D eigenvalue weighted by Gasteiger charge is -2.17. The van der Waals surface area contributed by atoms with Gasteiger partial charge in [0.15, 0.2) is 0 Å². The second-order valence-electron chi connectivity index (χ2n) is 6.27. The van der Waals surface area contributed by atoms with Crippen molar-refractivity contribution in [1.29, 1.82) is 0 Å². The van der Waals surface area contributed by atoms with Crippen LogP contribution in [0.3, 0.4) is 0 Å². The molecular formula is C20H18N2O3S. The van der Waals surface area contributed by atoms with Crippen LogP contribution in [0.25, 0.3) is 10.8 Å². The third-order valence-electron chi connectivity index (χ3n) is 4.55. The van der Waals surface area contributed by atoms with E-state index >= 15 is 0 Å². The number of carbonyl (C=O) groups excluding carboxylic acids is 1. The molecule has 0 saturated carbocycles. The van der Waals surface area contributed by atoms with Crippen molar-refractivity contribution in [3.8, 4) is 0 Å². The van der Waals surface area contributed by atoms with Crippen molar-refractivity contribution in [1.82, 2.24) is 0 Å². The van der Waals surface area contributed by atoms with E-state index < -0.39 is 10.0 Å². The largest absolute Gasteiger partial charge is 0.321 e. The summed E-state index contributed by atoms with van der Waals surface area (Å²) >= 11 is 0. The van der Waals surface area contributed by atoms with Crippen LogP contribution < -0.4 is 9.62 Å². The van der Waals surface area contributed by atoms with Gasteiger partial charge in [-0.2, -0.15) is 0 Å². The van der Waals surface area contributed by atoms with E-state index in [2.05, 4.69) is 5.32 Å². The van der Waals surface area contributed by atoms with Crippen LogP contribution in [-0.2, 0) is 10.0 Å². The van der Waals surface area contributed by atoms with Gasteiger partial charge >= 0.3 is 0 Å². The summed E-state index contributed by atoms with van der Waals surface area (Å²) in [4.78, 5) is 12.6. The number of rotatable bonds is 3. The smallest absolute Gasteiger partial charge is 0.255 e. The summed E-state index contributed by atoms with van der Waals surface area (Å²) in [5.41, 5.74) is 1.83. The molecule has 0 aliphatic carbocycles. The van der Waals surface area contributed by atoms with Gasteiger partial charge in [0.1, 0.15) is 0 Å². The minimum atomic E-state index is -3.21. The molecule has 1 saturated heterocycles. The van der Waals surface area contributed by atoms with E-state index in [0.717, 1.165) is 16.5 Å². The van der Waals surface area contributed by atoms with E-state index in [4.69, 9.17) is 0 Å². The van der Waals surface area contributed by atoms with E-state index in [-0.39, 0.29) is 11.7 Å². The van der Waals surface area contributed by atoms with Gasteiger partial charge in [0.05, 0.1) is 11.4 Å². The van der Waals surface area contributed by atoms with Crippen LogP contribution in [0.2, 0.25) is 0 Å². The average Bonchev–Trinajstić information content (AvgIpc) is 3.01. The van der Waals surface area contributed by atoms with Crippen molar-refractivity contribution in [3.05, 3.63) is 72.3 Å². The number of nitrogens with one attached hydrogen (secondary N) is 1. The van der Waals surface area contributed by atoms with Crippen molar-refractivity contribution in [3.63, 3.8) is 0 Å². The molecule has 0 bridgehead atoms. The Morgan fingerprint density at radius 2 is 1.65 bits per heavy atom. The molecule has 3 aromatic carbocycles. The first-order chi connectivity index (χ1) is 12.5. The van der Waals surface area contributed by atoms with E-state index in [1.54, 1.807) is 24.3 Å². The van der Waals surface area contributed by atoms with Gasteiger partial charge in [0.2, 0.25) is 10.0 Å². The van der Waals surface area contributed by atoms with Crippen molar-refractivity contribution in [2.75, 3.05) is 21.9 Å². The number of sulfonamides is 1. The Morgan fingerprint density at radius 1 is 0.923 bits per heavy atom. The topological polar surface area (TPSA) is 66.5 Å². The molecular weight excluding hydrogens is 348 g/mol. The Morgan fingerprint density at radius 3 is 2.38 bits per heavy atom. The zero-order chi connectivity index (χ0) is 18.1. The van der Waals surface area contributed by atoms with E-state index in [1.807, 2.05) is 42.5 Å². The number of carbonyl (C=O) groups is 1. The number of amides is 1. The highest BCUT2D eigenvalue weighted by Gasteiger charge is 2.28. The number of hydrogen-bond donors (Lipinski definition) is 1. The fraction of sp³-hybridized carbons (Fsp3) is 0.150. The summed E-state index contributed by atoms with van der Waals surface area (Å²) in [5.74, 6) is -0.0479. The van der Waals surface area contributed by atoms with Gasteiger partial charge in [-0.25, -0.2) is 8.42 Å². The van der Waals surface area contributed by atoms with Crippen LogP contribution >= 0.6 is 0 Å². The normalized spacial score (nSPS) is 15.9. The maximum absolute atomic E-state index is 12.6. The molecule has 3 aromatic rings. The highest BCUT2D eigenvalue weighted by atomic mass is 32.2. The maximum Gasteiger partial charge on any atom is 0.255 e. The zero-order valence-electron chi connectivity index (χ0n) is 14.1. The molecule has 26 heavy (non-hydrogen) atoms. The monoisotopic (exact) mass is 366 g/mol. The van der Waals surface area contributed by atoms with Gasteiger partial charge < -0.3 is 5.32 Å². The summed E-state index contributed by atoms with van der Waals surface area (Å²) in [5, 5.41) is 4.97. The zero-order valence-corrected chi connectivity index (χ0v) is 14.9. The first-order valence-electron chi connectivity index (χ1n) is 8.44. The predicted octanol–water partition coefficient (Wildman–Crippen LogP) is 3.63. The highest BCUT2D eigenvalue weighted by molar-refractivity contribution is 7.93. The molecule has 6 heteroatoms. The second kappa shape index (κ2) is 6.46. The van der Waals surface area contributed by atoms with Crippen molar-refractivity contribution in [2.45, 2.75) is 6.42 Å². The molecule has 5 nitrogen and oxygen atoms in total. The molecule has 0 aromatic heterocycles. The molecule has 4 rings (SSSR count). The molecule has 0 atom stereocenters. The molecule has 0 radical (unpaired) electrons. The lowest BCUT2D eigenvalue weighted by molar-refractivity contribution is 0.102. The van der Waals surface area contributed by atoms with Gasteiger partial charge in [-0.3, -0.25) is 9.10 Å². The summed E-state index contributed by atoms with van der Waals surface area (Å²) in [6.07, 6.45) is 0.631. The standard InChI is InChI=1S/C20H18N2O3S/c23-20(21-19-8-3-6-15-5-1-2-7-18(15)19)16-9-11-17(12-10-16)22-13-4-14-26(22,24)25/h1-3,5-12H,4,13-14H2,(H,21,23). The van der Waals surface area contributed by atoms with Gasteiger partial charge in [-0.1, -0.05) is 36.4 Å². The minimum absolute atomic E-state index is 0.177. The Balaban J connectivity index is 1.57. The van der Waals surface area contributed by atoms with Crippen LogP contribution in [0, 0.1) is 0 Å². The predicted molar refractivity (Wildman–Crippen MR) is 104 cm³/mol. The van der Waals surface area contributed by atoms with Crippen molar-refractivity contribution < 1.29 is 13.2 Å². The summed E-state index contributed by atoms with van der Waals surface area (Å²) in [6.45, 7) is 0.490. The number of nitrogens with zero attached hydrogens (tertiary/aromatic N) is 1. The van der Waals surface area contributed by atoms with Gasteiger partial charge in [-0.15, -0.1) is 0 Å². The SMILES string of the molecule is O=C(Nc1cccc2ccccc12)c1ccc(N2CCCS2(=O)=O)cc1. The van der Waals surface area contributed by atoms with Gasteiger partial charge in [0.25, 0.3) is 5.91 Å². The molecule has 0 unspecified atom stereocenters. The lowest BCUT2D eigenvalue weighted by Crippen LogP contribution is -2.25. The van der Waals surface area contributed by atoms with Crippen LogP contribution in [0.1, 0.15) is 16.8 Å². The Bertz CT molecular complexity index is 1070. The summed E-state index contributed by atoms with van der Waals surface area (Å²) < 4.78 is 25.4. The van der Waals surface area contributed by atoms with Crippen LogP contribution in [0.5, 0.6) is 0 Å². The van der Waals surface area contributed by atoms with Crippen LogP contribution in [0.4, 0.5) is 11.4 Å². The lowest BCUT2D eigenvalue weighted by atomic mass is 10.1. The number of benzene rings is 3. The fourth-order valence-electron chi connectivity index (χ4n) is 3.24. The van der Waals surface area contributed by atoms with E-state index in [1.165, 1.54) is 4.31 Å². The number of fused-ring (bicyclic) bond motifs is 1. The number of anilines is 2. The third-order valence-corrected chi connectivity index (χ3v) is 6.42. The minimum Gasteiger partial charge on any atom is -0.321 e. The van der Waals surface area contributed by atoms with Crippen molar-refractivity contribution in [2.24, 2.45) is 0 Å². The highest BCUT2D eigenvalue weighted by Crippen LogP contribution is 2.26. The molecule has 0 spiro atoms. The second-order valence-corrected chi connectivity index (χ2v) is 8.28. The summed E-state index contributed by atoms with van der Waals surface area (Å²) in [6, 6.07) is 20.3. The number of hydrogen-bond acceptors (Lipinski definition) is 3. The Labute approximate surface area is 152 Å². The van der Waals surface area contributed by atoms with Crippen LogP contribution in [-0.4, -0.2) is 26.6 Å².